The number of carbonyl (C=O) groups is 3. The highest BCUT2D eigenvalue weighted by Gasteiger charge is 2.36. The average Bonchev–Trinajstić information content (AvgIpc) is 2.83. The van der Waals surface area contributed by atoms with Crippen molar-refractivity contribution >= 4 is 35.7 Å². The molecule has 0 heterocycles. The maximum Gasteiger partial charge on any atom is 0.408 e. The summed E-state index contributed by atoms with van der Waals surface area (Å²) in [6.45, 7) is 15.6. The van der Waals surface area contributed by atoms with Crippen LogP contribution >= 0.6 is 11.8 Å². The minimum Gasteiger partial charge on any atom is -0.444 e. The standard InChI is InChI=1S/C30H49N3O4S/c1-9-11-12-13-14-19-33(28(35)25(18-20-38-8)32-29(36)37-30(5,6)7)26(27(34)31-22(3)4)24-17-15-16-23(10-2)21-24/h10,15-17,21-22,25-26H,2,9,11-14,18-20H2,1,3-8H3,(H,31,34)(H,32,36). The van der Waals surface area contributed by atoms with Gasteiger partial charge in [0.25, 0.3) is 0 Å². The zero-order valence-corrected chi connectivity index (χ0v) is 25.3. The molecule has 0 aromatic heterocycles. The molecule has 8 heteroatoms. The van der Waals surface area contributed by atoms with E-state index in [1.54, 1.807) is 43.5 Å². The monoisotopic (exact) mass is 547 g/mol. The Hall–Kier alpha value is -2.48. The molecule has 3 amide bonds. The van der Waals surface area contributed by atoms with Gasteiger partial charge in [0.15, 0.2) is 0 Å². The third-order valence-electron chi connectivity index (χ3n) is 5.84. The minimum absolute atomic E-state index is 0.0960. The molecule has 214 valence electrons. The van der Waals surface area contributed by atoms with E-state index in [4.69, 9.17) is 4.74 Å². The van der Waals surface area contributed by atoms with Crippen LogP contribution < -0.4 is 10.6 Å². The lowest BCUT2D eigenvalue weighted by Crippen LogP contribution is -2.54. The Morgan fingerprint density at radius 2 is 1.79 bits per heavy atom. The Kier molecular flexibility index (Phi) is 15.2. The predicted octanol–water partition coefficient (Wildman–Crippen LogP) is 6.34. The van der Waals surface area contributed by atoms with Crippen LogP contribution in [-0.2, 0) is 14.3 Å². The zero-order chi connectivity index (χ0) is 28.7. The molecule has 0 radical (unpaired) electrons. The Morgan fingerprint density at radius 1 is 1.11 bits per heavy atom. The maximum atomic E-state index is 14.2. The summed E-state index contributed by atoms with van der Waals surface area (Å²) in [5.41, 5.74) is 0.885. The van der Waals surface area contributed by atoms with Gasteiger partial charge in [-0.3, -0.25) is 9.59 Å². The van der Waals surface area contributed by atoms with Crippen LogP contribution in [0.3, 0.4) is 0 Å². The second kappa shape index (κ2) is 17.2. The molecule has 2 atom stereocenters. The van der Waals surface area contributed by atoms with E-state index in [1.165, 1.54) is 0 Å². The molecule has 1 aromatic rings. The van der Waals surface area contributed by atoms with Crippen molar-refractivity contribution in [2.75, 3.05) is 18.6 Å². The summed E-state index contributed by atoms with van der Waals surface area (Å²) in [7, 11) is 0. The topological polar surface area (TPSA) is 87.7 Å². The molecule has 2 unspecified atom stereocenters. The largest absolute Gasteiger partial charge is 0.444 e. The van der Waals surface area contributed by atoms with Crippen molar-refractivity contribution in [2.24, 2.45) is 0 Å². The molecule has 0 fully saturated rings. The number of ether oxygens (including phenoxy) is 1. The van der Waals surface area contributed by atoms with Gasteiger partial charge in [-0.1, -0.05) is 63.5 Å². The summed E-state index contributed by atoms with van der Waals surface area (Å²) in [6, 6.07) is 5.80. The van der Waals surface area contributed by atoms with E-state index in [2.05, 4.69) is 24.1 Å². The third kappa shape index (κ3) is 12.4. The first kappa shape index (κ1) is 33.5. The minimum atomic E-state index is -0.840. The third-order valence-corrected chi connectivity index (χ3v) is 6.48. The number of carbonyl (C=O) groups excluding carboxylic acids is 3. The molecule has 0 spiro atoms. The van der Waals surface area contributed by atoms with Crippen LogP contribution in [-0.4, -0.2) is 59.0 Å². The molecular formula is C30H49N3O4S. The highest BCUT2D eigenvalue weighted by molar-refractivity contribution is 7.98. The molecule has 7 nitrogen and oxygen atoms in total. The van der Waals surface area contributed by atoms with E-state index in [0.717, 1.165) is 37.7 Å². The Bertz CT molecular complexity index is 898. The van der Waals surface area contributed by atoms with E-state index in [-0.39, 0.29) is 17.9 Å². The fourth-order valence-corrected chi connectivity index (χ4v) is 4.56. The first-order chi connectivity index (χ1) is 17.9. The highest BCUT2D eigenvalue weighted by Crippen LogP contribution is 2.26. The Labute approximate surface area is 234 Å². The number of rotatable bonds is 16. The summed E-state index contributed by atoms with van der Waals surface area (Å²) in [5.74, 6) is 0.142. The van der Waals surface area contributed by atoms with Gasteiger partial charge in [-0.2, -0.15) is 11.8 Å². The highest BCUT2D eigenvalue weighted by atomic mass is 32.2. The lowest BCUT2D eigenvalue weighted by molar-refractivity contribution is -0.142. The van der Waals surface area contributed by atoms with E-state index < -0.39 is 23.8 Å². The molecule has 0 bridgehead atoms. The number of thioether (sulfide) groups is 1. The molecule has 0 aliphatic rings. The first-order valence-electron chi connectivity index (χ1n) is 13.7. The van der Waals surface area contributed by atoms with E-state index in [0.29, 0.717) is 24.3 Å². The molecule has 38 heavy (non-hydrogen) atoms. The van der Waals surface area contributed by atoms with Crippen LogP contribution in [0.2, 0.25) is 0 Å². The van der Waals surface area contributed by atoms with Gasteiger partial charge in [0, 0.05) is 12.6 Å². The quantitative estimate of drug-likeness (QED) is 0.236. The van der Waals surface area contributed by atoms with Crippen molar-refractivity contribution in [1.82, 2.24) is 15.5 Å². The van der Waals surface area contributed by atoms with Crippen molar-refractivity contribution in [2.45, 2.75) is 104 Å². The fraction of sp³-hybridized carbons (Fsp3) is 0.633. The number of hydrogen-bond donors (Lipinski definition) is 2. The van der Waals surface area contributed by atoms with Crippen LogP contribution in [0.25, 0.3) is 6.08 Å². The van der Waals surface area contributed by atoms with Crippen LogP contribution in [0.15, 0.2) is 30.8 Å². The van der Waals surface area contributed by atoms with Crippen LogP contribution in [0, 0.1) is 0 Å². The first-order valence-corrected chi connectivity index (χ1v) is 15.1. The van der Waals surface area contributed by atoms with Gasteiger partial charge in [-0.25, -0.2) is 4.79 Å². The number of alkyl carbamates (subject to hydrolysis) is 1. The number of nitrogens with one attached hydrogen (secondary N) is 2. The Morgan fingerprint density at radius 3 is 2.37 bits per heavy atom. The van der Waals surface area contributed by atoms with Gasteiger partial charge in [0.05, 0.1) is 0 Å². The molecule has 1 aromatic carbocycles. The van der Waals surface area contributed by atoms with Gasteiger partial charge in [0.2, 0.25) is 11.8 Å². The van der Waals surface area contributed by atoms with E-state index >= 15 is 0 Å². The van der Waals surface area contributed by atoms with Crippen molar-refractivity contribution in [3.8, 4) is 0 Å². The lowest BCUT2D eigenvalue weighted by atomic mass is 9.99. The van der Waals surface area contributed by atoms with Crippen molar-refractivity contribution in [1.29, 1.82) is 0 Å². The molecule has 0 saturated carbocycles. The van der Waals surface area contributed by atoms with Gasteiger partial charge in [0.1, 0.15) is 17.7 Å². The van der Waals surface area contributed by atoms with Crippen molar-refractivity contribution in [3.05, 3.63) is 42.0 Å². The Balaban J connectivity index is 3.48. The van der Waals surface area contributed by atoms with Crippen LogP contribution in [0.1, 0.15) is 97.2 Å². The summed E-state index contributed by atoms with van der Waals surface area (Å²) < 4.78 is 5.46. The van der Waals surface area contributed by atoms with E-state index in [9.17, 15) is 14.4 Å². The number of hydrogen-bond acceptors (Lipinski definition) is 5. The molecule has 2 N–H and O–H groups in total. The van der Waals surface area contributed by atoms with Gasteiger partial charge >= 0.3 is 6.09 Å². The van der Waals surface area contributed by atoms with Gasteiger partial charge in [-0.15, -0.1) is 0 Å². The second-order valence-electron chi connectivity index (χ2n) is 10.9. The summed E-state index contributed by atoms with van der Waals surface area (Å²) in [6.07, 6.45) is 8.50. The zero-order valence-electron chi connectivity index (χ0n) is 24.5. The summed E-state index contributed by atoms with van der Waals surface area (Å²) in [5, 5.41) is 5.80. The maximum absolute atomic E-state index is 14.2. The summed E-state index contributed by atoms with van der Waals surface area (Å²) >= 11 is 1.60. The van der Waals surface area contributed by atoms with Crippen LogP contribution in [0.5, 0.6) is 0 Å². The molecule has 1 rings (SSSR count). The lowest BCUT2D eigenvalue weighted by Gasteiger charge is -2.35. The smallest absolute Gasteiger partial charge is 0.408 e. The number of unbranched alkanes of at least 4 members (excludes halogenated alkanes) is 4. The molecule has 0 aliphatic carbocycles. The molecular weight excluding hydrogens is 498 g/mol. The normalized spacial score (nSPS) is 12.9. The SMILES string of the molecule is C=Cc1cccc(C(C(=O)NC(C)C)N(CCCCCCC)C(=O)C(CCSC)NC(=O)OC(C)(C)C)c1. The van der Waals surface area contributed by atoms with Crippen LogP contribution in [0.4, 0.5) is 4.79 Å². The number of nitrogens with zero attached hydrogens (tertiary/aromatic N) is 1. The van der Waals surface area contributed by atoms with E-state index in [1.807, 2.05) is 44.4 Å². The van der Waals surface area contributed by atoms with Crippen molar-refractivity contribution in [3.63, 3.8) is 0 Å². The van der Waals surface area contributed by atoms with Gasteiger partial charge in [-0.05, 0) is 76.7 Å². The van der Waals surface area contributed by atoms with Gasteiger partial charge < -0.3 is 20.3 Å². The molecule has 0 saturated heterocycles. The molecule has 0 aliphatic heterocycles. The number of benzene rings is 1. The second-order valence-corrected chi connectivity index (χ2v) is 11.9. The number of amides is 3. The summed E-state index contributed by atoms with van der Waals surface area (Å²) in [4.78, 5) is 42.2. The average molecular weight is 548 g/mol. The predicted molar refractivity (Wildman–Crippen MR) is 159 cm³/mol. The fourth-order valence-electron chi connectivity index (χ4n) is 4.09. The van der Waals surface area contributed by atoms with Crippen molar-refractivity contribution < 1.29 is 19.1 Å².